The first-order valence-electron chi connectivity index (χ1n) is 10.6. The molecule has 1 unspecified atom stereocenters. The Hall–Kier alpha value is -1.99. The van der Waals surface area contributed by atoms with Gasteiger partial charge in [0, 0.05) is 43.6 Å². The Morgan fingerprint density at radius 1 is 1.07 bits per heavy atom. The first-order valence-corrected chi connectivity index (χ1v) is 10.6. The molecule has 4 heterocycles. The molecule has 2 aromatic rings. The summed E-state index contributed by atoms with van der Waals surface area (Å²) in [5.41, 5.74) is 2.13. The van der Waals surface area contributed by atoms with Crippen LogP contribution in [0.5, 0.6) is 0 Å². The third-order valence-corrected chi connectivity index (χ3v) is 6.10. The van der Waals surface area contributed by atoms with Gasteiger partial charge < -0.3 is 19.1 Å². The van der Waals surface area contributed by atoms with Crippen molar-refractivity contribution in [2.45, 2.75) is 39.2 Å². The molecule has 0 aliphatic carbocycles. The first kappa shape index (κ1) is 19.3. The molecule has 2 saturated heterocycles. The molecule has 0 amide bonds. The maximum absolute atomic E-state index is 5.41. The second-order valence-corrected chi connectivity index (χ2v) is 8.10. The highest BCUT2D eigenvalue weighted by atomic mass is 16.5. The molecular formula is C21H32N6O. The van der Waals surface area contributed by atoms with Crippen LogP contribution in [0.1, 0.15) is 39.2 Å². The molecule has 7 heteroatoms. The van der Waals surface area contributed by atoms with Crippen LogP contribution in [0.2, 0.25) is 0 Å². The van der Waals surface area contributed by atoms with Gasteiger partial charge >= 0.3 is 0 Å². The fourth-order valence-corrected chi connectivity index (χ4v) is 4.16. The molecule has 0 N–H and O–H groups in total. The predicted octanol–water partition coefficient (Wildman–Crippen LogP) is 2.86. The van der Waals surface area contributed by atoms with Crippen molar-refractivity contribution in [1.29, 1.82) is 0 Å². The molecule has 0 spiro atoms. The number of imidazole rings is 1. The van der Waals surface area contributed by atoms with Crippen LogP contribution in [0.15, 0.2) is 24.9 Å². The number of hydrogen-bond donors (Lipinski definition) is 0. The Kier molecular flexibility index (Phi) is 6.22. The molecule has 2 fully saturated rings. The Morgan fingerprint density at radius 3 is 2.46 bits per heavy atom. The average molecular weight is 385 g/mol. The van der Waals surface area contributed by atoms with E-state index in [-0.39, 0.29) is 0 Å². The summed E-state index contributed by atoms with van der Waals surface area (Å²) in [6.45, 7) is 11.3. The fraction of sp³-hybridized carbons (Fsp3) is 0.667. The van der Waals surface area contributed by atoms with Crippen LogP contribution in [0, 0.1) is 5.92 Å². The van der Waals surface area contributed by atoms with E-state index >= 15 is 0 Å². The zero-order valence-corrected chi connectivity index (χ0v) is 17.1. The Bertz CT molecular complexity index is 732. The molecule has 2 aliphatic heterocycles. The standard InChI is InChI=1S/C21H32N6O/c1-3-19(15-25-6-4-17(2)5-7-25)27-16-22-14-20(27)18-12-23-21(24-13-18)26-8-10-28-11-9-26/h12-14,16-17,19H,3-11,15H2,1-2H3. The van der Waals surface area contributed by atoms with Crippen LogP contribution >= 0.6 is 0 Å². The van der Waals surface area contributed by atoms with E-state index in [4.69, 9.17) is 4.74 Å². The summed E-state index contributed by atoms with van der Waals surface area (Å²) in [4.78, 5) is 18.5. The van der Waals surface area contributed by atoms with Crippen molar-refractivity contribution in [2.75, 3.05) is 50.8 Å². The van der Waals surface area contributed by atoms with E-state index < -0.39 is 0 Å². The topological polar surface area (TPSA) is 59.3 Å². The van der Waals surface area contributed by atoms with E-state index in [9.17, 15) is 0 Å². The number of morpholine rings is 1. The van der Waals surface area contributed by atoms with Crippen molar-refractivity contribution < 1.29 is 4.74 Å². The largest absolute Gasteiger partial charge is 0.378 e. The Labute approximate surface area is 167 Å². The second kappa shape index (κ2) is 9.01. The van der Waals surface area contributed by atoms with E-state index in [1.807, 2.05) is 24.9 Å². The molecule has 1 atom stereocenters. The molecule has 4 rings (SSSR count). The number of piperidine rings is 1. The molecule has 2 aliphatic rings. The van der Waals surface area contributed by atoms with E-state index in [0.29, 0.717) is 6.04 Å². The number of aromatic nitrogens is 4. The first-order chi connectivity index (χ1) is 13.7. The van der Waals surface area contributed by atoms with Gasteiger partial charge in [0.05, 0.1) is 31.4 Å². The maximum Gasteiger partial charge on any atom is 0.225 e. The van der Waals surface area contributed by atoms with E-state index in [2.05, 4.69) is 43.2 Å². The Morgan fingerprint density at radius 2 is 1.79 bits per heavy atom. The minimum Gasteiger partial charge on any atom is -0.378 e. The molecule has 7 nitrogen and oxygen atoms in total. The monoisotopic (exact) mass is 384 g/mol. The van der Waals surface area contributed by atoms with Gasteiger partial charge in [0.2, 0.25) is 5.95 Å². The molecule has 0 radical (unpaired) electrons. The number of hydrogen-bond acceptors (Lipinski definition) is 6. The Balaban J connectivity index is 1.47. The number of ether oxygens (including phenoxy) is 1. The summed E-state index contributed by atoms with van der Waals surface area (Å²) in [5, 5.41) is 0. The van der Waals surface area contributed by atoms with Gasteiger partial charge in [-0.15, -0.1) is 0 Å². The van der Waals surface area contributed by atoms with Crippen molar-refractivity contribution in [3.63, 3.8) is 0 Å². The van der Waals surface area contributed by atoms with E-state index in [0.717, 1.165) is 62.4 Å². The van der Waals surface area contributed by atoms with Gasteiger partial charge in [-0.3, -0.25) is 0 Å². The van der Waals surface area contributed by atoms with Crippen LogP contribution in [0.25, 0.3) is 11.3 Å². The molecular weight excluding hydrogens is 352 g/mol. The van der Waals surface area contributed by atoms with Crippen LogP contribution in [0.4, 0.5) is 5.95 Å². The summed E-state index contributed by atoms with van der Waals surface area (Å²) in [6.07, 6.45) is 11.5. The highest BCUT2D eigenvalue weighted by Crippen LogP contribution is 2.26. The van der Waals surface area contributed by atoms with Crippen molar-refractivity contribution in [3.8, 4) is 11.3 Å². The van der Waals surface area contributed by atoms with Gasteiger partial charge in [-0.1, -0.05) is 13.8 Å². The van der Waals surface area contributed by atoms with Crippen molar-refractivity contribution in [3.05, 3.63) is 24.9 Å². The molecule has 28 heavy (non-hydrogen) atoms. The smallest absolute Gasteiger partial charge is 0.225 e. The number of rotatable bonds is 6. The molecule has 0 saturated carbocycles. The lowest BCUT2D eigenvalue weighted by molar-refractivity contribution is 0.122. The van der Waals surface area contributed by atoms with Gasteiger partial charge in [-0.2, -0.15) is 0 Å². The molecule has 2 aromatic heterocycles. The summed E-state index contributed by atoms with van der Waals surface area (Å²) in [7, 11) is 0. The van der Waals surface area contributed by atoms with Crippen molar-refractivity contribution in [2.24, 2.45) is 5.92 Å². The van der Waals surface area contributed by atoms with Gasteiger partial charge in [0.25, 0.3) is 0 Å². The number of anilines is 1. The summed E-state index contributed by atoms with van der Waals surface area (Å²) >= 11 is 0. The zero-order valence-electron chi connectivity index (χ0n) is 17.1. The van der Waals surface area contributed by atoms with Gasteiger partial charge in [0.15, 0.2) is 0 Å². The molecule has 0 aromatic carbocycles. The SMILES string of the molecule is CCC(CN1CCC(C)CC1)n1cncc1-c1cnc(N2CCOCC2)nc1. The minimum atomic E-state index is 0.421. The number of nitrogens with zero attached hydrogens (tertiary/aromatic N) is 6. The van der Waals surface area contributed by atoms with Crippen molar-refractivity contribution in [1.82, 2.24) is 24.4 Å². The number of likely N-dealkylation sites (tertiary alicyclic amines) is 1. The van der Waals surface area contributed by atoms with Crippen LogP contribution in [-0.4, -0.2) is 70.4 Å². The lowest BCUT2D eigenvalue weighted by atomic mass is 9.98. The van der Waals surface area contributed by atoms with E-state index in [1.165, 1.54) is 25.9 Å². The lowest BCUT2D eigenvalue weighted by Crippen LogP contribution is -2.37. The quantitative estimate of drug-likeness (QED) is 0.763. The third kappa shape index (κ3) is 4.36. The fourth-order valence-electron chi connectivity index (χ4n) is 4.16. The average Bonchev–Trinajstić information content (AvgIpc) is 3.24. The highest BCUT2D eigenvalue weighted by Gasteiger charge is 2.21. The molecule has 0 bridgehead atoms. The summed E-state index contributed by atoms with van der Waals surface area (Å²) < 4.78 is 7.72. The third-order valence-electron chi connectivity index (χ3n) is 6.10. The summed E-state index contributed by atoms with van der Waals surface area (Å²) in [6, 6.07) is 0.421. The van der Waals surface area contributed by atoms with Crippen LogP contribution < -0.4 is 4.90 Å². The maximum atomic E-state index is 5.41. The van der Waals surface area contributed by atoms with Crippen molar-refractivity contribution >= 4 is 5.95 Å². The normalized spacial score (nSPS) is 20.4. The lowest BCUT2D eigenvalue weighted by Gasteiger charge is -2.33. The predicted molar refractivity (Wildman–Crippen MR) is 110 cm³/mol. The molecule has 152 valence electrons. The van der Waals surface area contributed by atoms with Crippen LogP contribution in [0.3, 0.4) is 0 Å². The zero-order chi connectivity index (χ0) is 19.3. The second-order valence-electron chi connectivity index (χ2n) is 8.10. The van der Waals surface area contributed by atoms with Gasteiger partial charge in [-0.25, -0.2) is 15.0 Å². The summed E-state index contributed by atoms with van der Waals surface area (Å²) in [5.74, 6) is 1.65. The van der Waals surface area contributed by atoms with E-state index in [1.54, 1.807) is 0 Å². The van der Waals surface area contributed by atoms with Gasteiger partial charge in [-0.05, 0) is 38.3 Å². The minimum absolute atomic E-state index is 0.421. The van der Waals surface area contributed by atoms with Crippen LogP contribution in [-0.2, 0) is 4.74 Å². The van der Waals surface area contributed by atoms with Gasteiger partial charge in [0.1, 0.15) is 0 Å². The highest BCUT2D eigenvalue weighted by molar-refractivity contribution is 5.57.